The molecule has 0 atom stereocenters. The fourth-order valence-corrected chi connectivity index (χ4v) is 2.90. The van der Waals surface area contributed by atoms with Gasteiger partial charge in [-0.05, 0) is 24.3 Å². The lowest BCUT2D eigenvalue weighted by Crippen LogP contribution is -2.09. The Morgan fingerprint density at radius 3 is 2.31 bits per heavy atom. The Hall–Kier alpha value is -3.34. The van der Waals surface area contributed by atoms with Crippen LogP contribution in [0.2, 0.25) is 0 Å². The first-order valence-electron chi connectivity index (χ1n) is 10.5. The number of benzene rings is 2. The molecule has 0 bridgehead atoms. The molecular weight excluding hydrogens is 406 g/mol. The van der Waals surface area contributed by atoms with E-state index in [0.29, 0.717) is 49.7 Å². The number of hydrogen-bond acceptors (Lipinski definition) is 7. The number of nitrogens with zero attached hydrogens (tertiary/aromatic N) is 2. The summed E-state index contributed by atoms with van der Waals surface area (Å²) >= 11 is 0. The van der Waals surface area contributed by atoms with Gasteiger partial charge in [-0.1, -0.05) is 31.8 Å². The predicted octanol–water partition coefficient (Wildman–Crippen LogP) is 4.43. The van der Waals surface area contributed by atoms with Crippen LogP contribution in [0.3, 0.4) is 0 Å². The average molecular weight is 436 g/mol. The monoisotopic (exact) mass is 435 g/mol. The highest BCUT2D eigenvalue weighted by atomic mass is 16.5. The fourth-order valence-electron chi connectivity index (χ4n) is 2.90. The molecular formula is C25H29N3O4. The Morgan fingerprint density at radius 2 is 1.62 bits per heavy atom. The number of anilines is 2. The van der Waals surface area contributed by atoms with Crippen LogP contribution >= 0.6 is 0 Å². The molecule has 3 aromatic rings. The molecule has 0 saturated carbocycles. The van der Waals surface area contributed by atoms with Crippen molar-refractivity contribution in [3.8, 4) is 23.3 Å². The Kier molecular flexibility index (Phi) is 8.67. The lowest BCUT2D eigenvalue weighted by molar-refractivity contribution is 0.132. The van der Waals surface area contributed by atoms with E-state index in [0.717, 1.165) is 22.2 Å². The minimum Gasteiger partial charge on any atom is -0.487 e. The molecule has 0 spiro atoms. The SMILES string of the molecule is COCCOc1cc2ncnc(Nc3cccc(C#CC(C)C)c3)c2cc1OCCOC. The molecule has 0 fully saturated rings. The molecule has 2 aromatic carbocycles. The highest BCUT2D eigenvalue weighted by molar-refractivity contribution is 5.93. The van der Waals surface area contributed by atoms with Crippen molar-refractivity contribution >= 4 is 22.4 Å². The normalized spacial score (nSPS) is 10.7. The molecule has 0 saturated heterocycles. The van der Waals surface area contributed by atoms with Crippen molar-refractivity contribution in [3.63, 3.8) is 0 Å². The van der Waals surface area contributed by atoms with E-state index in [1.54, 1.807) is 14.2 Å². The Labute approximate surface area is 189 Å². The summed E-state index contributed by atoms with van der Waals surface area (Å²) in [6.45, 7) is 5.89. The maximum absolute atomic E-state index is 5.90. The summed E-state index contributed by atoms with van der Waals surface area (Å²) in [7, 11) is 3.27. The van der Waals surface area contributed by atoms with Crippen molar-refractivity contribution in [3.05, 3.63) is 48.3 Å². The van der Waals surface area contributed by atoms with Gasteiger partial charge in [-0.2, -0.15) is 0 Å². The average Bonchev–Trinajstić information content (AvgIpc) is 2.79. The summed E-state index contributed by atoms with van der Waals surface area (Å²) in [5.74, 6) is 8.56. The van der Waals surface area contributed by atoms with Crippen LogP contribution in [0.5, 0.6) is 11.5 Å². The first kappa shape index (κ1) is 23.3. The third-order valence-electron chi connectivity index (χ3n) is 4.42. The zero-order valence-electron chi connectivity index (χ0n) is 19.0. The van der Waals surface area contributed by atoms with E-state index >= 15 is 0 Å². The van der Waals surface area contributed by atoms with Crippen molar-refractivity contribution in [2.45, 2.75) is 13.8 Å². The number of ether oxygens (including phenoxy) is 4. The van der Waals surface area contributed by atoms with Gasteiger partial charge in [0.1, 0.15) is 25.4 Å². The summed E-state index contributed by atoms with van der Waals surface area (Å²) in [5, 5.41) is 4.20. The van der Waals surface area contributed by atoms with Crippen LogP contribution in [0, 0.1) is 17.8 Å². The molecule has 0 aliphatic carbocycles. The molecule has 7 nitrogen and oxygen atoms in total. The topological polar surface area (TPSA) is 74.7 Å². The van der Waals surface area contributed by atoms with Gasteiger partial charge in [-0.15, -0.1) is 0 Å². The zero-order valence-corrected chi connectivity index (χ0v) is 19.0. The molecule has 1 heterocycles. The second-order valence-electron chi connectivity index (χ2n) is 7.35. The van der Waals surface area contributed by atoms with Crippen LogP contribution in [-0.4, -0.2) is 50.6 Å². The molecule has 3 rings (SSSR count). The van der Waals surface area contributed by atoms with E-state index in [9.17, 15) is 0 Å². The molecule has 0 aliphatic rings. The van der Waals surface area contributed by atoms with Crippen LogP contribution in [0.1, 0.15) is 19.4 Å². The van der Waals surface area contributed by atoms with Crippen molar-refractivity contribution in [2.24, 2.45) is 5.92 Å². The summed E-state index contributed by atoms with van der Waals surface area (Å²) in [6, 6.07) is 11.7. The number of fused-ring (bicyclic) bond motifs is 1. The molecule has 0 aliphatic heterocycles. The maximum atomic E-state index is 5.90. The molecule has 1 N–H and O–H groups in total. The smallest absolute Gasteiger partial charge is 0.163 e. The standard InChI is InChI=1S/C25H29N3O4/c1-18(2)8-9-19-6-5-7-20(14-19)28-25-21-15-23(31-12-10-29-3)24(32-13-11-30-4)16-22(21)26-17-27-25/h5-7,14-18H,10-13H2,1-4H3,(H,26,27,28). The van der Waals surface area contributed by atoms with E-state index in [1.165, 1.54) is 6.33 Å². The first-order valence-corrected chi connectivity index (χ1v) is 10.5. The number of aromatic nitrogens is 2. The fraction of sp³-hybridized carbons (Fsp3) is 0.360. The van der Waals surface area contributed by atoms with Crippen LogP contribution in [0.25, 0.3) is 10.9 Å². The van der Waals surface area contributed by atoms with Crippen molar-refractivity contribution in [1.29, 1.82) is 0 Å². The molecule has 1 aromatic heterocycles. The molecule has 168 valence electrons. The van der Waals surface area contributed by atoms with E-state index in [1.807, 2.05) is 36.4 Å². The third kappa shape index (κ3) is 6.58. The van der Waals surface area contributed by atoms with Gasteiger partial charge < -0.3 is 24.3 Å². The number of hydrogen-bond donors (Lipinski definition) is 1. The van der Waals surface area contributed by atoms with Gasteiger partial charge in [0.05, 0.1) is 18.7 Å². The van der Waals surface area contributed by atoms with Gasteiger partial charge >= 0.3 is 0 Å². The number of rotatable bonds is 10. The van der Waals surface area contributed by atoms with Gasteiger partial charge in [0.2, 0.25) is 0 Å². The largest absolute Gasteiger partial charge is 0.487 e. The van der Waals surface area contributed by atoms with Gasteiger partial charge in [0.15, 0.2) is 11.5 Å². The highest BCUT2D eigenvalue weighted by Gasteiger charge is 2.13. The van der Waals surface area contributed by atoms with Crippen molar-refractivity contribution < 1.29 is 18.9 Å². The minimum atomic E-state index is 0.314. The first-order chi connectivity index (χ1) is 15.6. The summed E-state index contributed by atoms with van der Waals surface area (Å²) in [6.07, 6.45) is 1.53. The second kappa shape index (κ2) is 11.9. The lowest BCUT2D eigenvalue weighted by Gasteiger charge is -2.15. The quantitative estimate of drug-likeness (QED) is 0.373. The van der Waals surface area contributed by atoms with Crippen molar-refractivity contribution in [2.75, 3.05) is 46.0 Å². The molecule has 32 heavy (non-hydrogen) atoms. The summed E-state index contributed by atoms with van der Waals surface area (Å²) in [4.78, 5) is 8.86. The predicted molar refractivity (Wildman–Crippen MR) is 126 cm³/mol. The zero-order chi connectivity index (χ0) is 22.8. The molecule has 0 amide bonds. The van der Waals surface area contributed by atoms with Crippen LogP contribution in [0.4, 0.5) is 11.5 Å². The van der Waals surface area contributed by atoms with E-state index in [4.69, 9.17) is 18.9 Å². The van der Waals surface area contributed by atoms with Crippen LogP contribution in [-0.2, 0) is 9.47 Å². The summed E-state index contributed by atoms with van der Waals surface area (Å²) in [5.41, 5.74) is 2.58. The van der Waals surface area contributed by atoms with E-state index < -0.39 is 0 Å². The maximum Gasteiger partial charge on any atom is 0.163 e. The summed E-state index contributed by atoms with van der Waals surface area (Å²) < 4.78 is 21.9. The molecule has 0 unspecified atom stereocenters. The second-order valence-corrected chi connectivity index (χ2v) is 7.35. The van der Waals surface area contributed by atoms with Crippen LogP contribution < -0.4 is 14.8 Å². The van der Waals surface area contributed by atoms with E-state index in [-0.39, 0.29) is 0 Å². The van der Waals surface area contributed by atoms with Gasteiger partial charge in [0, 0.05) is 42.8 Å². The Bertz CT molecular complexity index is 1090. The molecule has 7 heteroatoms. The molecule has 0 radical (unpaired) electrons. The lowest BCUT2D eigenvalue weighted by atomic mass is 10.1. The Balaban J connectivity index is 1.93. The number of nitrogens with one attached hydrogen (secondary N) is 1. The number of methoxy groups -OCH3 is 2. The highest BCUT2D eigenvalue weighted by Crippen LogP contribution is 2.35. The van der Waals surface area contributed by atoms with Gasteiger partial charge in [-0.3, -0.25) is 0 Å². The van der Waals surface area contributed by atoms with E-state index in [2.05, 4.69) is 41.0 Å². The van der Waals surface area contributed by atoms with Crippen molar-refractivity contribution in [1.82, 2.24) is 9.97 Å². The van der Waals surface area contributed by atoms with Gasteiger partial charge in [0.25, 0.3) is 0 Å². The minimum absolute atomic E-state index is 0.314. The van der Waals surface area contributed by atoms with Crippen LogP contribution in [0.15, 0.2) is 42.7 Å². The Morgan fingerprint density at radius 1 is 0.906 bits per heavy atom. The third-order valence-corrected chi connectivity index (χ3v) is 4.42. The van der Waals surface area contributed by atoms with Gasteiger partial charge in [-0.25, -0.2) is 9.97 Å².